The van der Waals surface area contributed by atoms with Crippen molar-refractivity contribution in [1.29, 1.82) is 0 Å². The van der Waals surface area contributed by atoms with Crippen molar-refractivity contribution in [2.24, 2.45) is 0 Å². The highest BCUT2D eigenvalue weighted by atomic mass is 32.2. The van der Waals surface area contributed by atoms with E-state index in [2.05, 4.69) is 58.1 Å². The number of hydrogen-bond donors (Lipinski definition) is 0. The average Bonchev–Trinajstić information content (AvgIpc) is 3.28. The summed E-state index contributed by atoms with van der Waals surface area (Å²) >= 11 is 1.64. The van der Waals surface area contributed by atoms with Gasteiger partial charge in [-0.15, -0.1) is 10.2 Å². The van der Waals surface area contributed by atoms with Gasteiger partial charge >= 0.3 is 0 Å². The summed E-state index contributed by atoms with van der Waals surface area (Å²) in [5.74, 6) is 2.01. The fourth-order valence-corrected chi connectivity index (χ4v) is 5.53. The van der Waals surface area contributed by atoms with Gasteiger partial charge in [-0.1, -0.05) is 61.2 Å². The molecule has 1 aliphatic rings. The molecule has 0 radical (unpaired) electrons. The maximum Gasteiger partial charge on any atom is 0.222 e. The van der Waals surface area contributed by atoms with Crippen molar-refractivity contribution in [2.75, 3.05) is 25.4 Å². The summed E-state index contributed by atoms with van der Waals surface area (Å²) < 4.78 is 2.14. The monoisotopic (exact) mass is 505 g/mol. The Balaban J connectivity index is 1.37. The van der Waals surface area contributed by atoms with E-state index in [-0.39, 0.29) is 17.9 Å². The third-order valence-corrected chi connectivity index (χ3v) is 7.55. The van der Waals surface area contributed by atoms with Crippen LogP contribution < -0.4 is 0 Å². The van der Waals surface area contributed by atoms with Crippen molar-refractivity contribution in [1.82, 2.24) is 24.6 Å². The minimum absolute atomic E-state index is 0.0699. The fourth-order valence-electron chi connectivity index (χ4n) is 4.62. The molecule has 0 saturated carbocycles. The van der Waals surface area contributed by atoms with Gasteiger partial charge in [0.1, 0.15) is 5.82 Å². The van der Waals surface area contributed by atoms with Gasteiger partial charge in [0, 0.05) is 56.4 Å². The maximum atomic E-state index is 12.8. The normalized spacial score (nSPS) is 15.8. The summed E-state index contributed by atoms with van der Waals surface area (Å²) in [5.41, 5.74) is 3.43. The van der Waals surface area contributed by atoms with Crippen molar-refractivity contribution in [3.05, 3.63) is 71.5 Å². The molecule has 1 unspecified atom stereocenters. The number of hydrogen-bond acceptors (Lipinski definition) is 5. The van der Waals surface area contributed by atoms with Crippen LogP contribution in [-0.2, 0) is 16.0 Å². The summed E-state index contributed by atoms with van der Waals surface area (Å²) in [5, 5.41) is 9.88. The van der Waals surface area contributed by atoms with Gasteiger partial charge in [-0.3, -0.25) is 14.2 Å². The van der Waals surface area contributed by atoms with E-state index < -0.39 is 0 Å². The van der Waals surface area contributed by atoms with Gasteiger partial charge < -0.3 is 9.80 Å². The second-order valence-corrected chi connectivity index (χ2v) is 10.4. The number of carbonyl (C=O) groups excluding carboxylic acids is 2. The molecular weight excluding hydrogens is 470 g/mol. The Morgan fingerprint density at radius 2 is 1.83 bits per heavy atom. The lowest BCUT2D eigenvalue weighted by atomic mass is 10.1. The molecule has 2 amide bonds. The zero-order valence-corrected chi connectivity index (χ0v) is 22.2. The number of rotatable bonds is 9. The number of carbonyl (C=O) groups is 2. The molecule has 2 aromatic carbocycles. The summed E-state index contributed by atoms with van der Waals surface area (Å²) in [6, 6.07) is 18.7. The number of benzene rings is 2. The summed E-state index contributed by atoms with van der Waals surface area (Å²) in [7, 11) is 0. The lowest BCUT2D eigenvalue weighted by Crippen LogP contribution is -2.55. The third-order valence-electron chi connectivity index (χ3n) is 6.53. The van der Waals surface area contributed by atoms with Crippen LogP contribution in [0.3, 0.4) is 0 Å². The minimum atomic E-state index is 0.0699. The van der Waals surface area contributed by atoms with E-state index >= 15 is 0 Å². The Morgan fingerprint density at radius 1 is 1.03 bits per heavy atom. The molecule has 1 saturated heterocycles. The van der Waals surface area contributed by atoms with Crippen LogP contribution in [0.5, 0.6) is 0 Å². The highest BCUT2D eigenvalue weighted by molar-refractivity contribution is 7.99. The molecule has 0 aliphatic carbocycles. The standard InChI is InChI=1S/C28H35N5O2S/c1-4-26(34)32-16-15-31(20-22(32)3)27(35)14-9-17-36-28-30-29-25(19-23-11-6-5-7-12-23)33(28)24-13-8-10-21(2)18-24/h5-8,10-13,18,22H,4,9,14-17,19-20H2,1-3H3. The molecule has 190 valence electrons. The Labute approximate surface area is 217 Å². The van der Waals surface area contributed by atoms with Gasteiger partial charge in [0.2, 0.25) is 11.8 Å². The zero-order valence-electron chi connectivity index (χ0n) is 21.4. The third kappa shape index (κ3) is 6.35. The van der Waals surface area contributed by atoms with Crippen LogP contribution >= 0.6 is 11.8 Å². The van der Waals surface area contributed by atoms with Gasteiger partial charge in [0.25, 0.3) is 0 Å². The summed E-state index contributed by atoms with van der Waals surface area (Å²) in [4.78, 5) is 28.7. The Kier molecular flexibility index (Phi) is 8.80. The molecule has 0 N–H and O–H groups in total. The number of aromatic nitrogens is 3. The lowest BCUT2D eigenvalue weighted by Gasteiger charge is -2.40. The van der Waals surface area contributed by atoms with E-state index in [1.54, 1.807) is 11.8 Å². The fraction of sp³-hybridized carbons (Fsp3) is 0.429. The number of nitrogens with zero attached hydrogens (tertiary/aromatic N) is 5. The maximum absolute atomic E-state index is 12.8. The van der Waals surface area contributed by atoms with Crippen molar-refractivity contribution in [3.8, 4) is 5.69 Å². The van der Waals surface area contributed by atoms with Gasteiger partial charge in [-0.25, -0.2) is 0 Å². The first-order valence-corrected chi connectivity index (χ1v) is 13.7. The van der Waals surface area contributed by atoms with E-state index in [0.29, 0.717) is 38.9 Å². The quantitative estimate of drug-likeness (QED) is 0.316. The van der Waals surface area contributed by atoms with Crippen molar-refractivity contribution in [2.45, 2.75) is 57.7 Å². The van der Waals surface area contributed by atoms with E-state index in [9.17, 15) is 9.59 Å². The van der Waals surface area contributed by atoms with E-state index in [4.69, 9.17) is 0 Å². The number of aryl methyl sites for hydroxylation is 1. The number of thioether (sulfide) groups is 1. The molecule has 1 aliphatic heterocycles. The molecule has 36 heavy (non-hydrogen) atoms. The summed E-state index contributed by atoms with van der Waals surface area (Å²) in [6.07, 6.45) is 2.47. The topological polar surface area (TPSA) is 71.3 Å². The predicted octanol–water partition coefficient (Wildman–Crippen LogP) is 4.51. The van der Waals surface area contributed by atoms with Gasteiger partial charge in [0.05, 0.1) is 0 Å². The van der Waals surface area contributed by atoms with Crippen LogP contribution in [0.15, 0.2) is 59.8 Å². The van der Waals surface area contributed by atoms with Crippen LogP contribution in [0, 0.1) is 6.92 Å². The van der Waals surface area contributed by atoms with Crippen LogP contribution in [0.25, 0.3) is 5.69 Å². The Morgan fingerprint density at radius 3 is 2.56 bits per heavy atom. The SMILES string of the molecule is CCC(=O)N1CCN(C(=O)CCCSc2nnc(Cc3ccccc3)n2-c2cccc(C)c2)CC1C. The zero-order chi connectivity index (χ0) is 25.5. The molecular formula is C28H35N5O2S. The van der Waals surface area contributed by atoms with Crippen LogP contribution in [-0.4, -0.2) is 67.8 Å². The van der Waals surface area contributed by atoms with E-state index in [0.717, 1.165) is 28.8 Å². The molecule has 0 bridgehead atoms. The molecule has 7 nitrogen and oxygen atoms in total. The first-order valence-electron chi connectivity index (χ1n) is 12.7. The van der Waals surface area contributed by atoms with Crippen molar-refractivity contribution < 1.29 is 9.59 Å². The van der Waals surface area contributed by atoms with Gasteiger partial charge in [0.15, 0.2) is 5.16 Å². The molecule has 3 aromatic rings. The number of amides is 2. The molecule has 1 fully saturated rings. The molecule has 4 rings (SSSR count). The lowest BCUT2D eigenvalue weighted by molar-refractivity contribution is -0.142. The smallest absolute Gasteiger partial charge is 0.222 e. The molecule has 8 heteroatoms. The highest BCUT2D eigenvalue weighted by Gasteiger charge is 2.28. The number of piperazine rings is 1. The van der Waals surface area contributed by atoms with Crippen LogP contribution in [0.1, 0.15) is 50.1 Å². The largest absolute Gasteiger partial charge is 0.339 e. The minimum Gasteiger partial charge on any atom is -0.339 e. The molecule has 1 atom stereocenters. The van der Waals surface area contributed by atoms with E-state index in [1.165, 1.54) is 11.1 Å². The second-order valence-electron chi connectivity index (χ2n) is 9.32. The van der Waals surface area contributed by atoms with Gasteiger partial charge in [-0.05, 0) is 43.5 Å². The molecule has 0 spiro atoms. The first kappa shape index (κ1) is 25.9. The average molecular weight is 506 g/mol. The first-order chi connectivity index (χ1) is 17.5. The Hall–Kier alpha value is -3.13. The molecule has 1 aromatic heterocycles. The van der Waals surface area contributed by atoms with Crippen LogP contribution in [0.2, 0.25) is 0 Å². The Bertz CT molecular complexity index is 1180. The molecule has 2 heterocycles. The second kappa shape index (κ2) is 12.2. The van der Waals surface area contributed by atoms with Crippen LogP contribution in [0.4, 0.5) is 0 Å². The predicted molar refractivity (Wildman–Crippen MR) is 143 cm³/mol. The van der Waals surface area contributed by atoms with Crippen molar-refractivity contribution >= 4 is 23.6 Å². The highest BCUT2D eigenvalue weighted by Crippen LogP contribution is 2.25. The summed E-state index contributed by atoms with van der Waals surface area (Å²) in [6.45, 7) is 7.84. The van der Waals surface area contributed by atoms with Crippen molar-refractivity contribution in [3.63, 3.8) is 0 Å². The van der Waals surface area contributed by atoms with Gasteiger partial charge in [-0.2, -0.15) is 0 Å². The van der Waals surface area contributed by atoms with E-state index in [1.807, 2.05) is 41.8 Å².